The molecule has 6 heteroatoms. The topological polar surface area (TPSA) is 69.7 Å². The Bertz CT molecular complexity index is 1070. The number of sulfone groups is 1. The molecule has 0 aromatic heterocycles. The summed E-state index contributed by atoms with van der Waals surface area (Å²) in [4.78, 5) is 12.6. The van der Waals surface area contributed by atoms with Gasteiger partial charge in [0.15, 0.2) is 27.1 Å². The minimum Gasteiger partial charge on any atom is -0.493 e. The van der Waals surface area contributed by atoms with Crippen molar-refractivity contribution < 1.29 is 22.7 Å². The standard InChI is InChI=1S/C20H18O5S/c1-24-19-10-8-16(12-20(19)25-2)18(21)13-26(22,23)17-9-7-14-5-3-4-6-15(14)11-17/h3-12H,13H2,1-2H3. The fourth-order valence-corrected chi connectivity index (χ4v) is 3.97. The van der Waals surface area contributed by atoms with Crippen LogP contribution in [0.3, 0.4) is 0 Å². The molecular weight excluding hydrogens is 352 g/mol. The molecule has 0 aliphatic heterocycles. The van der Waals surface area contributed by atoms with Crippen LogP contribution in [0.4, 0.5) is 0 Å². The fraction of sp³-hybridized carbons (Fsp3) is 0.150. The summed E-state index contributed by atoms with van der Waals surface area (Å²) in [5.74, 6) is -0.261. The number of hydrogen-bond donors (Lipinski definition) is 0. The zero-order chi connectivity index (χ0) is 18.7. The van der Waals surface area contributed by atoms with Crippen LogP contribution >= 0.6 is 0 Å². The number of carbonyl (C=O) groups is 1. The van der Waals surface area contributed by atoms with Crippen LogP contribution in [-0.4, -0.2) is 34.2 Å². The van der Waals surface area contributed by atoms with Crippen LogP contribution in [0.2, 0.25) is 0 Å². The van der Waals surface area contributed by atoms with Gasteiger partial charge in [-0.15, -0.1) is 0 Å². The molecule has 0 spiro atoms. The van der Waals surface area contributed by atoms with Crippen LogP contribution in [0.25, 0.3) is 10.8 Å². The Morgan fingerprint density at radius 2 is 1.54 bits per heavy atom. The Morgan fingerprint density at radius 3 is 2.23 bits per heavy atom. The molecule has 3 aromatic carbocycles. The van der Waals surface area contributed by atoms with Gasteiger partial charge in [0.1, 0.15) is 5.75 Å². The minimum atomic E-state index is -3.76. The predicted octanol–water partition coefficient (Wildman–Crippen LogP) is 3.51. The van der Waals surface area contributed by atoms with Crippen molar-refractivity contribution in [2.24, 2.45) is 0 Å². The maximum absolute atomic E-state index is 12.7. The maximum atomic E-state index is 12.7. The van der Waals surface area contributed by atoms with E-state index < -0.39 is 21.4 Å². The first-order valence-corrected chi connectivity index (χ1v) is 9.56. The molecule has 0 aliphatic rings. The van der Waals surface area contributed by atoms with Crippen LogP contribution in [0.5, 0.6) is 11.5 Å². The molecule has 3 rings (SSSR count). The highest BCUT2D eigenvalue weighted by molar-refractivity contribution is 7.92. The second kappa shape index (κ2) is 7.17. The minimum absolute atomic E-state index is 0.130. The first-order chi connectivity index (χ1) is 12.4. The number of hydrogen-bond acceptors (Lipinski definition) is 5. The van der Waals surface area contributed by atoms with Gasteiger partial charge in [0, 0.05) is 5.56 Å². The van der Waals surface area contributed by atoms with Gasteiger partial charge in [0.05, 0.1) is 19.1 Å². The quantitative estimate of drug-likeness (QED) is 0.621. The van der Waals surface area contributed by atoms with E-state index in [9.17, 15) is 13.2 Å². The first kappa shape index (κ1) is 17.9. The number of methoxy groups -OCH3 is 2. The lowest BCUT2D eigenvalue weighted by Crippen LogP contribution is -2.16. The van der Waals surface area contributed by atoms with Gasteiger partial charge in [0.2, 0.25) is 0 Å². The second-order valence-corrected chi connectivity index (χ2v) is 7.75. The second-order valence-electron chi connectivity index (χ2n) is 5.76. The number of ether oxygens (including phenoxy) is 2. The monoisotopic (exact) mass is 370 g/mol. The van der Waals surface area contributed by atoms with Crippen molar-refractivity contribution in [3.8, 4) is 11.5 Å². The average Bonchev–Trinajstić information content (AvgIpc) is 2.66. The van der Waals surface area contributed by atoms with E-state index in [1.54, 1.807) is 18.2 Å². The van der Waals surface area contributed by atoms with Crippen molar-refractivity contribution in [2.75, 3.05) is 20.0 Å². The van der Waals surface area contributed by atoms with Gasteiger partial charge in [-0.2, -0.15) is 0 Å². The van der Waals surface area contributed by atoms with Crippen molar-refractivity contribution in [1.29, 1.82) is 0 Å². The molecule has 134 valence electrons. The van der Waals surface area contributed by atoms with Crippen LogP contribution in [0.1, 0.15) is 10.4 Å². The molecule has 0 N–H and O–H groups in total. The zero-order valence-electron chi connectivity index (χ0n) is 14.4. The van der Waals surface area contributed by atoms with Crippen LogP contribution < -0.4 is 9.47 Å². The summed E-state index contributed by atoms with van der Waals surface area (Å²) in [5.41, 5.74) is 0.256. The van der Waals surface area contributed by atoms with Crippen LogP contribution in [-0.2, 0) is 9.84 Å². The molecule has 0 saturated heterocycles. The Morgan fingerprint density at radius 1 is 0.846 bits per heavy atom. The Balaban J connectivity index is 1.89. The van der Waals surface area contributed by atoms with Crippen molar-refractivity contribution in [3.63, 3.8) is 0 Å². The van der Waals surface area contributed by atoms with Crippen LogP contribution in [0.15, 0.2) is 65.6 Å². The summed E-state index contributed by atoms with van der Waals surface area (Å²) in [6.45, 7) is 0. The number of rotatable bonds is 6. The summed E-state index contributed by atoms with van der Waals surface area (Å²) in [5, 5.41) is 1.75. The van der Waals surface area contributed by atoms with E-state index in [0.717, 1.165) is 10.8 Å². The van der Waals surface area contributed by atoms with Crippen molar-refractivity contribution in [3.05, 3.63) is 66.2 Å². The zero-order valence-corrected chi connectivity index (χ0v) is 15.2. The molecular formula is C20H18O5S. The molecule has 0 aliphatic carbocycles. The highest BCUT2D eigenvalue weighted by Gasteiger charge is 2.21. The third kappa shape index (κ3) is 3.55. The summed E-state index contributed by atoms with van der Waals surface area (Å²) < 4.78 is 35.6. The van der Waals surface area contributed by atoms with E-state index in [1.807, 2.05) is 24.3 Å². The summed E-state index contributed by atoms with van der Waals surface area (Å²) in [6, 6.07) is 16.9. The molecule has 26 heavy (non-hydrogen) atoms. The van der Waals surface area contributed by atoms with Gasteiger partial charge in [0.25, 0.3) is 0 Å². The lowest BCUT2D eigenvalue weighted by molar-refractivity contribution is 0.102. The van der Waals surface area contributed by atoms with Crippen molar-refractivity contribution in [2.45, 2.75) is 4.90 Å². The third-order valence-electron chi connectivity index (χ3n) is 4.11. The maximum Gasteiger partial charge on any atom is 0.185 e. The Kier molecular flexibility index (Phi) is 4.95. The van der Waals surface area contributed by atoms with Gasteiger partial charge >= 0.3 is 0 Å². The molecule has 0 amide bonds. The molecule has 0 heterocycles. The molecule has 0 saturated carbocycles. The normalized spacial score (nSPS) is 11.3. The van der Waals surface area contributed by atoms with Gasteiger partial charge in [-0.3, -0.25) is 4.79 Å². The largest absolute Gasteiger partial charge is 0.493 e. The van der Waals surface area contributed by atoms with Crippen molar-refractivity contribution >= 4 is 26.4 Å². The van der Waals surface area contributed by atoms with Gasteiger partial charge in [-0.25, -0.2) is 8.42 Å². The summed E-state index contributed by atoms with van der Waals surface area (Å²) >= 11 is 0. The first-order valence-electron chi connectivity index (χ1n) is 7.91. The number of fused-ring (bicyclic) bond motifs is 1. The highest BCUT2D eigenvalue weighted by Crippen LogP contribution is 2.28. The van der Waals surface area contributed by atoms with Gasteiger partial charge in [-0.1, -0.05) is 30.3 Å². The number of Topliss-reactive ketones (excluding diaryl/α,β-unsaturated/α-hetero) is 1. The smallest absolute Gasteiger partial charge is 0.185 e. The van der Waals surface area contributed by atoms with E-state index in [4.69, 9.17) is 9.47 Å². The molecule has 0 atom stereocenters. The van der Waals surface area contributed by atoms with E-state index in [0.29, 0.717) is 11.5 Å². The summed E-state index contributed by atoms with van der Waals surface area (Å²) in [6.07, 6.45) is 0. The van der Waals surface area contributed by atoms with Crippen LogP contribution in [0, 0.1) is 0 Å². The Hall–Kier alpha value is -2.86. The molecule has 0 fully saturated rings. The molecule has 0 radical (unpaired) electrons. The van der Waals surface area contributed by atoms with Gasteiger partial charge < -0.3 is 9.47 Å². The lowest BCUT2D eigenvalue weighted by atomic mass is 10.1. The third-order valence-corrected chi connectivity index (χ3v) is 5.72. The summed E-state index contributed by atoms with van der Waals surface area (Å²) in [7, 11) is -0.810. The number of ketones is 1. The predicted molar refractivity (Wildman–Crippen MR) is 99.9 cm³/mol. The fourth-order valence-electron chi connectivity index (χ4n) is 2.71. The van der Waals surface area contributed by atoms with Crippen molar-refractivity contribution in [1.82, 2.24) is 0 Å². The molecule has 0 bridgehead atoms. The molecule has 3 aromatic rings. The SMILES string of the molecule is COc1ccc(C(=O)CS(=O)(=O)c2ccc3ccccc3c2)cc1OC. The number of carbonyl (C=O) groups excluding carboxylic acids is 1. The number of benzene rings is 3. The molecule has 0 unspecified atom stereocenters. The van der Waals surface area contributed by atoms with E-state index in [1.165, 1.54) is 32.4 Å². The van der Waals surface area contributed by atoms with E-state index in [2.05, 4.69) is 0 Å². The molecule has 5 nitrogen and oxygen atoms in total. The van der Waals surface area contributed by atoms with E-state index in [-0.39, 0.29) is 10.5 Å². The van der Waals surface area contributed by atoms with Gasteiger partial charge in [-0.05, 0) is 41.1 Å². The average molecular weight is 370 g/mol. The Labute approximate surface area is 152 Å². The highest BCUT2D eigenvalue weighted by atomic mass is 32.2. The van der Waals surface area contributed by atoms with E-state index >= 15 is 0 Å². The lowest BCUT2D eigenvalue weighted by Gasteiger charge is -2.10.